The van der Waals surface area contributed by atoms with Crippen molar-refractivity contribution in [2.24, 2.45) is 11.8 Å². The van der Waals surface area contributed by atoms with Gasteiger partial charge in [-0.2, -0.15) is 26.7 Å². The summed E-state index contributed by atoms with van der Waals surface area (Å²) in [5.41, 5.74) is 2.02. The lowest BCUT2D eigenvalue weighted by Crippen LogP contribution is -2.52. The van der Waals surface area contributed by atoms with E-state index in [1.165, 1.54) is 25.3 Å². The van der Waals surface area contributed by atoms with E-state index < -0.39 is 42.8 Å². The lowest BCUT2D eigenvalue weighted by molar-refractivity contribution is -0.605. The van der Waals surface area contributed by atoms with Gasteiger partial charge in [0.1, 0.15) is 28.0 Å². The Morgan fingerprint density at radius 1 is 0.937 bits per heavy atom. The van der Waals surface area contributed by atoms with E-state index in [4.69, 9.17) is 56.8 Å². The zero-order valence-electron chi connectivity index (χ0n) is 33.5. The summed E-state index contributed by atoms with van der Waals surface area (Å²) in [6, 6.07) is 17.0. The maximum Gasteiger partial charge on any atom is 0.490 e. The zero-order chi connectivity index (χ0) is 45.4. The first-order valence-electron chi connectivity index (χ1n) is 19.7. The zero-order valence-corrected chi connectivity index (χ0v) is 35.0. The summed E-state index contributed by atoms with van der Waals surface area (Å²) in [7, 11) is 1.54. The second-order valence-electron chi connectivity index (χ2n) is 15.0. The van der Waals surface area contributed by atoms with Crippen molar-refractivity contribution in [3.05, 3.63) is 117 Å². The van der Waals surface area contributed by atoms with Gasteiger partial charge in [0.15, 0.2) is 29.9 Å². The summed E-state index contributed by atoms with van der Waals surface area (Å²) in [6.07, 6.45) is -0.245. The number of hydrogen-bond donors (Lipinski definition) is 2. The Bertz CT molecular complexity index is 2220. The van der Waals surface area contributed by atoms with Gasteiger partial charge in [-0.25, -0.2) is 14.4 Å². The molecule has 4 fully saturated rings. The Morgan fingerprint density at radius 3 is 2.16 bits per heavy atom. The molecule has 2 bridgehead atoms. The number of nitrogens with zero attached hydrogens (tertiary/aromatic N) is 2. The monoisotopic (exact) mass is 925 g/mol. The topological polar surface area (TPSA) is 160 Å². The van der Waals surface area contributed by atoms with Crippen LogP contribution in [-0.4, -0.2) is 80.2 Å². The summed E-state index contributed by atoms with van der Waals surface area (Å²) in [6.45, 7) is -0.0529. The summed E-state index contributed by atoms with van der Waals surface area (Å²) in [4.78, 5) is 38.9. The maximum atomic E-state index is 13.9. The van der Waals surface area contributed by atoms with Gasteiger partial charge in [0.05, 0.1) is 19.3 Å². The molecule has 4 aliphatic rings. The molecule has 1 aromatic heterocycles. The molecule has 0 radical (unpaired) electrons. The van der Waals surface area contributed by atoms with Gasteiger partial charge in [-0.3, -0.25) is 4.90 Å². The third-order valence-corrected chi connectivity index (χ3v) is 11.3. The number of methoxy groups -OCH3 is 1. The Morgan fingerprint density at radius 2 is 1.59 bits per heavy atom. The number of ether oxygens (including phenoxy) is 5. The molecule has 1 saturated carbocycles. The Labute approximate surface area is 368 Å². The van der Waals surface area contributed by atoms with Crippen molar-refractivity contribution < 1.29 is 69.9 Å². The van der Waals surface area contributed by atoms with E-state index in [1.54, 1.807) is 36.4 Å². The molecule has 3 aliphatic heterocycles. The number of carboxylic acids is 1. The van der Waals surface area contributed by atoms with Crippen LogP contribution in [0.25, 0.3) is 0 Å². The van der Waals surface area contributed by atoms with Gasteiger partial charge in [0.25, 0.3) is 0 Å². The number of hydrogen-bond acceptors (Lipinski definition) is 11. The molecule has 8 rings (SSSR count). The molecule has 2 N–H and O–H groups in total. The number of carbonyl (C=O) groups is 3. The van der Waals surface area contributed by atoms with Gasteiger partial charge in [0.2, 0.25) is 0 Å². The van der Waals surface area contributed by atoms with Gasteiger partial charge in [-0.1, -0.05) is 47.5 Å². The number of fused-ring (bicyclic) bond motifs is 3. The molecule has 3 atom stereocenters. The molecule has 0 amide bonds. The number of alkyl halides is 5. The third kappa shape index (κ3) is 12.8. The first-order chi connectivity index (χ1) is 30.0. The number of carbonyl (C=O) groups excluding carboxylic acids is 2. The Hall–Kier alpha value is -5.59. The fourth-order valence-corrected chi connectivity index (χ4v) is 7.76. The largest absolute Gasteiger partial charge is 0.619 e. The van der Waals surface area contributed by atoms with Crippen LogP contribution >= 0.6 is 23.2 Å². The summed E-state index contributed by atoms with van der Waals surface area (Å²) in [5, 5.41) is 22.5. The normalized spacial score (nSPS) is 18.9. The van der Waals surface area contributed by atoms with E-state index in [9.17, 15) is 36.7 Å². The van der Waals surface area contributed by atoms with Gasteiger partial charge < -0.3 is 39.3 Å². The van der Waals surface area contributed by atoms with Crippen molar-refractivity contribution in [3.63, 3.8) is 0 Å². The molecule has 338 valence electrons. The maximum absolute atomic E-state index is 13.9. The molecule has 1 aliphatic carbocycles. The van der Waals surface area contributed by atoms with Crippen LogP contribution in [-0.2, 0) is 25.5 Å². The van der Waals surface area contributed by atoms with Crippen LogP contribution in [0.3, 0.4) is 0 Å². The highest BCUT2D eigenvalue weighted by Crippen LogP contribution is 2.39. The van der Waals surface area contributed by atoms with Crippen molar-refractivity contribution in [1.29, 1.82) is 0 Å². The molecule has 3 aromatic carbocycles. The first-order valence-corrected chi connectivity index (χ1v) is 20.5. The predicted octanol–water partition coefficient (Wildman–Crippen LogP) is 8.59. The molecule has 4 aromatic rings. The number of para-hydroxylation sites is 1. The number of anilines is 1. The van der Waals surface area contributed by atoms with Crippen molar-refractivity contribution in [1.82, 2.24) is 4.90 Å². The van der Waals surface area contributed by atoms with Crippen LogP contribution in [0.1, 0.15) is 64.9 Å². The highest BCUT2D eigenvalue weighted by atomic mass is 35.5. The van der Waals surface area contributed by atoms with Gasteiger partial charge in [-0.15, -0.1) is 0 Å². The van der Waals surface area contributed by atoms with E-state index in [-0.39, 0.29) is 39.6 Å². The van der Waals surface area contributed by atoms with Crippen LogP contribution in [0.2, 0.25) is 10.0 Å². The lowest BCUT2D eigenvalue weighted by atomic mass is 9.86. The van der Waals surface area contributed by atoms with Crippen LogP contribution < -0.4 is 24.3 Å². The predicted molar refractivity (Wildman–Crippen MR) is 217 cm³/mol. The summed E-state index contributed by atoms with van der Waals surface area (Å²) < 4.78 is 87.1. The average Bonchev–Trinajstić information content (AvgIpc) is 4.08. The number of aromatic nitrogens is 1. The third-order valence-electron chi connectivity index (χ3n) is 10.6. The summed E-state index contributed by atoms with van der Waals surface area (Å²) >= 11 is 12.8. The highest BCUT2D eigenvalue weighted by Gasteiger charge is 2.39. The van der Waals surface area contributed by atoms with E-state index >= 15 is 0 Å². The van der Waals surface area contributed by atoms with Crippen molar-refractivity contribution in [2.45, 2.75) is 63.1 Å². The molecule has 3 saturated heterocycles. The molecule has 20 heteroatoms. The van der Waals surface area contributed by atoms with E-state index in [1.807, 2.05) is 12.1 Å². The number of carboxylic acid groups (broad SMARTS) is 1. The van der Waals surface area contributed by atoms with Crippen LogP contribution in [0, 0.1) is 17.0 Å². The summed E-state index contributed by atoms with van der Waals surface area (Å²) in [5.74, 6) is -2.88. The van der Waals surface area contributed by atoms with Gasteiger partial charge >= 0.3 is 30.7 Å². The van der Waals surface area contributed by atoms with Crippen molar-refractivity contribution in [3.8, 4) is 17.2 Å². The number of piperidine rings is 3. The van der Waals surface area contributed by atoms with Crippen molar-refractivity contribution in [2.75, 3.05) is 38.7 Å². The molecule has 63 heavy (non-hydrogen) atoms. The SMILES string of the molecule is COc1ccccc1C(Nc1ccc(C(=O)OC(Cc2c(Cl)c[n+]([O-])cc2Cl)c2ccc(OC(F)F)c(OCC3CC3)c2)cc1)C(=O)O[C@H]1CN2CCC1CC2.O=C(O)C(F)(F)F. The minimum Gasteiger partial charge on any atom is -0.619 e. The molecule has 0 spiro atoms. The number of aliphatic carboxylic acids is 1. The number of nitrogens with one attached hydrogen (secondary N) is 1. The first kappa shape index (κ1) is 46.9. The number of benzene rings is 3. The smallest absolute Gasteiger partial charge is 0.490 e. The van der Waals surface area contributed by atoms with E-state index in [0.29, 0.717) is 57.8 Å². The van der Waals surface area contributed by atoms with E-state index in [2.05, 4.69) is 10.2 Å². The Kier molecular flexibility index (Phi) is 15.4. The molecule has 4 heterocycles. The quantitative estimate of drug-likeness (QED) is 0.0478. The van der Waals surface area contributed by atoms with Gasteiger partial charge in [-0.05, 0) is 98.6 Å². The molecular formula is C43H42Cl2F5N3O10. The molecular weight excluding hydrogens is 884 g/mol. The second-order valence-corrected chi connectivity index (χ2v) is 15.9. The average molecular weight is 927 g/mol. The van der Waals surface area contributed by atoms with Gasteiger partial charge in [0, 0.05) is 29.8 Å². The minimum absolute atomic E-state index is 0.0449. The standard InChI is InChI=1S/C41H41Cl2F2N3O8.C2HF3O2/c1-52-33-5-3-2-4-29(33)38(40(50)55-37-22-47-16-14-25(37)15-17-47)46-28-11-8-26(9-12-28)39(49)54-35(19-30-31(42)20-48(51)21-32(30)43)27-10-13-34(56-41(44)45)36(18-27)53-23-24-6-7-24;3-2(4,5)1(6)7/h2-5,8-13,18,20-21,24-25,35,37-38,41,46H,6-7,14-17,19,22-23H2,1H3;(H,6,7)/t35?,37-,38?;/m0./s1. The minimum atomic E-state index is -5.08. The second kappa shape index (κ2) is 20.7. The van der Waals surface area contributed by atoms with Crippen LogP contribution in [0.4, 0.5) is 27.6 Å². The van der Waals surface area contributed by atoms with E-state index in [0.717, 1.165) is 51.2 Å². The van der Waals surface area contributed by atoms with Crippen molar-refractivity contribution >= 4 is 46.8 Å². The lowest BCUT2D eigenvalue weighted by Gasteiger charge is -2.44. The number of pyridine rings is 1. The fourth-order valence-electron chi connectivity index (χ4n) is 7.16. The molecule has 2 unspecified atom stereocenters. The highest BCUT2D eigenvalue weighted by molar-refractivity contribution is 6.35. The number of rotatable bonds is 16. The number of halogens is 7. The fraction of sp³-hybridized carbons (Fsp3) is 0.395. The van der Waals surface area contributed by atoms with Crippen LogP contribution in [0.5, 0.6) is 17.2 Å². The molecule has 13 nitrogen and oxygen atoms in total. The number of esters is 2. The van der Waals surface area contributed by atoms with Crippen LogP contribution in [0.15, 0.2) is 79.1 Å². The Balaban J connectivity index is 0.000000871.